The number of anilines is 1. The van der Waals surface area contributed by atoms with Gasteiger partial charge in [0.05, 0.1) is 18.2 Å². The molecule has 8 nitrogen and oxygen atoms in total. The van der Waals surface area contributed by atoms with Crippen LogP contribution in [0.2, 0.25) is 0 Å². The van der Waals surface area contributed by atoms with Gasteiger partial charge in [-0.2, -0.15) is 0 Å². The van der Waals surface area contributed by atoms with Crippen molar-refractivity contribution < 1.29 is 14.3 Å². The minimum absolute atomic E-state index is 0.150. The summed E-state index contributed by atoms with van der Waals surface area (Å²) in [6.07, 6.45) is 3.44. The van der Waals surface area contributed by atoms with Crippen molar-refractivity contribution in [1.82, 2.24) is 19.4 Å². The number of ether oxygens (including phenoxy) is 1. The first-order chi connectivity index (χ1) is 14.6. The van der Waals surface area contributed by atoms with Crippen LogP contribution in [0.3, 0.4) is 0 Å². The van der Waals surface area contributed by atoms with Crippen molar-refractivity contribution in [2.45, 2.75) is 32.7 Å². The Balaban J connectivity index is 1.44. The third kappa shape index (κ3) is 3.85. The van der Waals surface area contributed by atoms with E-state index in [9.17, 15) is 9.59 Å². The molecule has 0 bridgehead atoms. The molecule has 0 radical (unpaired) electrons. The molecular weight excluding hydrogens is 382 g/mol. The van der Waals surface area contributed by atoms with Crippen LogP contribution >= 0.6 is 0 Å². The molecule has 8 heteroatoms. The van der Waals surface area contributed by atoms with Crippen molar-refractivity contribution >= 4 is 28.9 Å². The van der Waals surface area contributed by atoms with Crippen molar-refractivity contribution in [2.24, 2.45) is 0 Å². The lowest BCUT2D eigenvalue weighted by Gasteiger charge is -2.19. The highest BCUT2D eigenvalue weighted by atomic mass is 16.5. The normalized spacial score (nSPS) is 16.1. The number of nitrogens with zero attached hydrogens (tertiary/aromatic N) is 4. The molecule has 1 unspecified atom stereocenters. The van der Waals surface area contributed by atoms with E-state index in [2.05, 4.69) is 21.8 Å². The van der Waals surface area contributed by atoms with Crippen LogP contribution in [-0.4, -0.2) is 51.1 Å². The first kappa shape index (κ1) is 19.9. The number of amides is 2. The van der Waals surface area contributed by atoms with Gasteiger partial charge in [0.2, 0.25) is 0 Å². The van der Waals surface area contributed by atoms with E-state index < -0.39 is 0 Å². The van der Waals surface area contributed by atoms with Crippen molar-refractivity contribution in [2.75, 3.05) is 25.0 Å². The van der Waals surface area contributed by atoms with Gasteiger partial charge >= 0.3 is 12.0 Å². The number of aryl methyl sites for hydroxylation is 1. The van der Waals surface area contributed by atoms with E-state index in [0.717, 1.165) is 29.8 Å². The van der Waals surface area contributed by atoms with Gasteiger partial charge in [0, 0.05) is 31.4 Å². The lowest BCUT2D eigenvalue weighted by atomic mass is 10.2. The second-order valence-corrected chi connectivity index (χ2v) is 7.21. The molecule has 30 heavy (non-hydrogen) atoms. The average molecular weight is 407 g/mol. The molecule has 2 aromatic heterocycles. The Morgan fingerprint density at radius 1 is 1.20 bits per heavy atom. The molecule has 1 aromatic carbocycles. The number of pyridine rings is 1. The third-order valence-corrected chi connectivity index (χ3v) is 5.30. The van der Waals surface area contributed by atoms with Gasteiger partial charge in [0.25, 0.3) is 0 Å². The molecule has 3 aromatic rings. The standard InChI is InChI=1S/C22H25N5O3/c1-3-19-25-18-6-5-12-23-20(18)27(19)17-11-13-26(14-17)22(29)24-16-9-7-15(8-10-16)21(28)30-4-2/h5-10,12,17H,3-4,11,13-14H2,1-2H3,(H,24,29). The number of aromatic nitrogens is 3. The topological polar surface area (TPSA) is 89.4 Å². The molecule has 0 spiro atoms. The highest BCUT2D eigenvalue weighted by molar-refractivity contribution is 5.92. The molecule has 1 saturated heterocycles. The fraction of sp³-hybridized carbons (Fsp3) is 0.364. The summed E-state index contributed by atoms with van der Waals surface area (Å²) in [6, 6.07) is 10.6. The number of likely N-dealkylation sites (tertiary alicyclic amines) is 1. The molecule has 1 aliphatic heterocycles. The van der Waals surface area contributed by atoms with Crippen LogP contribution in [0.4, 0.5) is 10.5 Å². The number of carbonyl (C=O) groups is 2. The predicted octanol–water partition coefficient (Wildman–Crippen LogP) is 3.65. The Hall–Kier alpha value is -3.42. The van der Waals surface area contributed by atoms with Crippen LogP contribution in [0.1, 0.15) is 42.5 Å². The minimum atomic E-state index is -0.370. The van der Waals surface area contributed by atoms with Crippen LogP contribution in [-0.2, 0) is 11.2 Å². The van der Waals surface area contributed by atoms with Gasteiger partial charge in [0.15, 0.2) is 5.65 Å². The Labute approximate surface area is 174 Å². The SMILES string of the molecule is CCOC(=O)c1ccc(NC(=O)N2CCC(n3c(CC)nc4cccnc43)C2)cc1. The van der Waals surface area contributed by atoms with Crippen LogP contribution < -0.4 is 5.32 Å². The molecule has 0 saturated carbocycles. The summed E-state index contributed by atoms with van der Waals surface area (Å²) in [5, 5.41) is 2.91. The maximum absolute atomic E-state index is 12.8. The van der Waals surface area contributed by atoms with Crippen molar-refractivity contribution in [3.05, 3.63) is 54.0 Å². The number of hydrogen-bond donors (Lipinski definition) is 1. The monoisotopic (exact) mass is 407 g/mol. The van der Waals surface area contributed by atoms with E-state index >= 15 is 0 Å². The number of carbonyl (C=O) groups excluding carboxylic acids is 2. The summed E-state index contributed by atoms with van der Waals surface area (Å²) < 4.78 is 7.16. The van der Waals surface area contributed by atoms with Gasteiger partial charge < -0.3 is 19.5 Å². The second kappa shape index (κ2) is 8.52. The fourth-order valence-corrected chi connectivity index (χ4v) is 3.85. The van der Waals surface area contributed by atoms with E-state index in [-0.39, 0.29) is 18.0 Å². The lowest BCUT2D eigenvalue weighted by Crippen LogP contribution is -2.33. The zero-order valence-electron chi connectivity index (χ0n) is 17.2. The number of nitrogens with one attached hydrogen (secondary N) is 1. The van der Waals surface area contributed by atoms with Crippen LogP contribution in [0, 0.1) is 0 Å². The highest BCUT2D eigenvalue weighted by Crippen LogP contribution is 2.28. The lowest BCUT2D eigenvalue weighted by molar-refractivity contribution is 0.0526. The summed E-state index contributed by atoms with van der Waals surface area (Å²) in [4.78, 5) is 35.5. The number of hydrogen-bond acceptors (Lipinski definition) is 5. The van der Waals surface area contributed by atoms with Crippen molar-refractivity contribution in [3.63, 3.8) is 0 Å². The van der Waals surface area contributed by atoms with E-state index in [1.807, 2.05) is 12.1 Å². The summed E-state index contributed by atoms with van der Waals surface area (Å²) >= 11 is 0. The van der Waals surface area contributed by atoms with E-state index in [4.69, 9.17) is 9.72 Å². The predicted molar refractivity (Wildman–Crippen MR) is 114 cm³/mol. The third-order valence-electron chi connectivity index (χ3n) is 5.30. The Morgan fingerprint density at radius 3 is 2.73 bits per heavy atom. The summed E-state index contributed by atoms with van der Waals surface area (Å²) in [5.74, 6) is 0.621. The number of esters is 1. The second-order valence-electron chi connectivity index (χ2n) is 7.21. The van der Waals surface area contributed by atoms with E-state index in [1.165, 1.54) is 0 Å². The number of urea groups is 1. The summed E-state index contributed by atoms with van der Waals surface area (Å²) in [7, 11) is 0. The van der Waals surface area contributed by atoms with Crippen LogP contribution in [0.5, 0.6) is 0 Å². The van der Waals surface area contributed by atoms with E-state index in [1.54, 1.807) is 42.3 Å². The Kier molecular flexibility index (Phi) is 5.65. The van der Waals surface area contributed by atoms with E-state index in [0.29, 0.717) is 30.9 Å². The van der Waals surface area contributed by atoms with Gasteiger partial charge in [0.1, 0.15) is 11.3 Å². The summed E-state index contributed by atoms with van der Waals surface area (Å²) in [6.45, 7) is 5.43. The zero-order valence-corrected chi connectivity index (χ0v) is 17.2. The molecule has 1 aliphatic rings. The highest BCUT2D eigenvalue weighted by Gasteiger charge is 2.30. The smallest absolute Gasteiger partial charge is 0.338 e. The van der Waals surface area contributed by atoms with Gasteiger partial charge in [-0.3, -0.25) is 0 Å². The Bertz CT molecular complexity index is 1060. The average Bonchev–Trinajstić information content (AvgIpc) is 3.38. The molecule has 1 N–H and O–H groups in total. The number of imidazole rings is 1. The first-order valence-corrected chi connectivity index (χ1v) is 10.3. The summed E-state index contributed by atoms with van der Waals surface area (Å²) in [5.41, 5.74) is 2.86. The number of fused-ring (bicyclic) bond motifs is 1. The molecule has 3 heterocycles. The fourth-order valence-electron chi connectivity index (χ4n) is 3.85. The molecule has 156 valence electrons. The van der Waals surface area contributed by atoms with Crippen LogP contribution in [0.15, 0.2) is 42.6 Å². The molecule has 2 amide bonds. The number of benzene rings is 1. The van der Waals surface area contributed by atoms with Gasteiger partial charge in [-0.1, -0.05) is 6.92 Å². The largest absolute Gasteiger partial charge is 0.462 e. The van der Waals surface area contributed by atoms with Crippen LogP contribution in [0.25, 0.3) is 11.2 Å². The van der Waals surface area contributed by atoms with Gasteiger partial charge in [-0.25, -0.2) is 19.6 Å². The Morgan fingerprint density at radius 2 is 2.00 bits per heavy atom. The molecule has 4 rings (SSSR count). The minimum Gasteiger partial charge on any atom is -0.462 e. The van der Waals surface area contributed by atoms with Crippen molar-refractivity contribution in [3.8, 4) is 0 Å². The van der Waals surface area contributed by atoms with Crippen molar-refractivity contribution in [1.29, 1.82) is 0 Å². The molecular formula is C22H25N5O3. The maximum atomic E-state index is 12.8. The van der Waals surface area contributed by atoms with Gasteiger partial charge in [-0.15, -0.1) is 0 Å². The zero-order chi connectivity index (χ0) is 21.1. The molecule has 1 atom stereocenters. The maximum Gasteiger partial charge on any atom is 0.338 e. The molecule has 0 aliphatic carbocycles. The quantitative estimate of drug-likeness (QED) is 0.652. The first-order valence-electron chi connectivity index (χ1n) is 10.3. The number of rotatable bonds is 5. The van der Waals surface area contributed by atoms with Gasteiger partial charge in [-0.05, 0) is 49.7 Å². The molecule has 1 fully saturated rings.